The number of fused-ring (bicyclic) bond motifs is 5. The van der Waals surface area contributed by atoms with Gasteiger partial charge in [0.15, 0.2) is 8.32 Å². The fourth-order valence-corrected chi connectivity index (χ4v) is 10.7. The topological polar surface area (TPSA) is 29.5 Å². The summed E-state index contributed by atoms with van der Waals surface area (Å²) in [4.78, 5) is 0. The average molecular weight is 541 g/mol. The minimum atomic E-state index is -1.83. The minimum absolute atomic E-state index is 0.0659. The van der Waals surface area contributed by atoms with E-state index in [1.54, 1.807) is 11.1 Å². The zero-order chi connectivity index (χ0) is 28.3. The van der Waals surface area contributed by atoms with Crippen molar-refractivity contribution in [1.29, 1.82) is 0 Å². The van der Waals surface area contributed by atoms with Crippen LogP contribution < -0.4 is 0 Å². The van der Waals surface area contributed by atoms with Crippen molar-refractivity contribution in [2.24, 2.45) is 39.9 Å². The third-order valence-corrected chi connectivity index (χ3v) is 17.1. The summed E-state index contributed by atoms with van der Waals surface area (Å²) in [6.07, 6.45) is 17.7. The number of rotatable bonds is 7. The summed E-state index contributed by atoms with van der Waals surface area (Å²) in [6, 6.07) is 0. The molecule has 3 fully saturated rings. The fourth-order valence-electron chi connectivity index (χ4n) is 9.26. The Balaban J connectivity index is 1.60. The van der Waals surface area contributed by atoms with E-state index in [0.29, 0.717) is 41.8 Å². The largest absolute Gasteiger partial charge is 0.413 e. The van der Waals surface area contributed by atoms with Crippen LogP contribution in [0.1, 0.15) is 114 Å². The Labute approximate surface area is 236 Å². The first-order valence-corrected chi connectivity index (χ1v) is 18.7. The number of aliphatic hydroxyl groups is 1. The molecule has 0 radical (unpaired) electrons. The lowest BCUT2D eigenvalue weighted by molar-refractivity contribution is -0.0145. The van der Waals surface area contributed by atoms with Gasteiger partial charge in [-0.15, -0.1) is 0 Å². The second kappa shape index (κ2) is 10.3. The van der Waals surface area contributed by atoms with Crippen molar-refractivity contribution in [3.63, 3.8) is 0 Å². The standard InChI is InChI=1S/C35H60O2Si/c1-24(2)13-12-14-25(23-36)27-16-17-28-26-15-18-30-33(6,7)31(37-38(10,11)32(3,4)5)20-22-35(30,9)29(26)19-21-34(27,28)8/h13,15,18,25,27-29,31,36H,12,14,16-17,19-23H2,1-11H3/t25-,27+,28-,29-,31-,34+,35+/m0/s1. The van der Waals surface area contributed by atoms with E-state index in [1.807, 2.05) is 0 Å². The molecule has 3 saturated carbocycles. The van der Waals surface area contributed by atoms with E-state index in [1.165, 1.54) is 44.1 Å². The quantitative estimate of drug-likeness (QED) is 0.257. The van der Waals surface area contributed by atoms with Gasteiger partial charge in [0, 0.05) is 12.0 Å². The van der Waals surface area contributed by atoms with Crippen molar-refractivity contribution in [3.05, 3.63) is 34.9 Å². The lowest BCUT2D eigenvalue weighted by atomic mass is 9.46. The van der Waals surface area contributed by atoms with Gasteiger partial charge in [0.2, 0.25) is 0 Å². The Kier molecular flexibility index (Phi) is 8.24. The van der Waals surface area contributed by atoms with Gasteiger partial charge in [-0.25, -0.2) is 0 Å². The molecule has 4 aliphatic carbocycles. The first-order chi connectivity index (χ1) is 17.5. The van der Waals surface area contributed by atoms with E-state index in [0.717, 1.165) is 12.8 Å². The highest BCUT2D eigenvalue weighted by atomic mass is 28.4. The Hall–Kier alpha value is -0.643. The molecule has 0 aromatic carbocycles. The molecule has 38 heavy (non-hydrogen) atoms. The van der Waals surface area contributed by atoms with Crippen LogP contribution >= 0.6 is 0 Å². The van der Waals surface area contributed by atoms with Crippen LogP contribution in [0.15, 0.2) is 34.9 Å². The SMILES string of the molecule is CC(C)=CCC[C@@H](CO)[C@H]1CC[C@H]2C3=CC=C4C(C)(C)[C@@H](O[Si](C)(C)C(C)(C)C)CC[C@]4(C)[C@H]3CC[C@]12C. The predicted octanol–water partition coefficient (Wildman–Crippen LogP) is 9.87. The molecule has 4 rings (SSSR count). The van der Waals surface area contributed by atoms with Crippen LogP contribution in [0.5, 0.6) is 0 Å². The highest BCUT2D eigenvalue weighted by molar-refractivity contribution is 6.74. The van der Waals surface area contributed by atoms with Crippen LogP contribution in [0.3, 0.4) is 0 Å². The molecule has 0 aliphatic heterocycles. The van der Waals surface area contributed by atoms with Crippen molar-refractivity contribution >= 4 is 8.32 Å². The van der Waals surface area contributed by atoms with Crippen LogP contribution in [0.4, 0.5) is 0 Å². The summed E-state index contributed by atoms with van der Waals surface area (Å²) in [5, 5.41) is 10.7. The number of hydrogen-bond donors (Lipinski definition) is 1. The van der Waals surface area contributed by atoms with E-state index in [2.05, 4.69) is 93.6 Å². The van der Waals surface area contributed by atoms with Crippen LogP contribution in [0.2, 0.25) is 18.1 Å². The predicted molar refractivity (Wildman–Crippen MR) is 166 cm³/mol. The molecule has 0 aromatic rings. The molecule has 0 amide bonds. The summed E-state index contributed by atoms with van der Waals surface area (Å²) in [5.41, 5.74) is 5.46. The van der Waals surface area contributed by atoms with Gasteiger partial charge in [-0.1, -0.05) is 83.4 Å². The van der Waals surface area contributed by atoms with Gasteiger partial charge in [0.25, 0.3) is 0 Å². The molecular formula is C35H60O2Si. The molecule has 0 bridgehead atoms. The van der Waals surface area contributed by atoms with Crippen molar-refractivity contribution in [2.45, 2.75) is 138 Å². The summed E-state index contributed by atoms with van der Waals surface area (Å²) >= 11 is 0. The lowest BCUT2D eigenvalue weighted by Gasteiger charge is -2.60. The monoisotopic (exact) mass is 540 g/mol. The van der Waals surface area contributed by atoms with Crippen molar-refractivity contribution < 1.29 is 9.53 Å². The summed E-state index contributed by atoms with van der Waals surface area (Å²) in [7, 11) is -1.83. The van der Waals surface area contributed by atoms with Gasteiger partial charge in [0.1, 0.15) is 0 Å². The molecule has 7 atom stereocenters. The number of hydrogen-bond acceptors (Lipinski definition) is 2. The molecule has 0 spiro atoms. The molecule has 0 saturated heterocycles. The Morgan fingerprint density at radius 2 is 1.71 bits per heavy atom. The van der Waals surface area contributed by atoms with Crippen LogP contribution in [0, 0.1) is 39.9 Å². The zero-order valence-corrected chi connectivity index (χ0v) is 27.8. The second-order valence-electron chi connectivity index (χ2n) is 16.4. The molecule has 3 heteroatoms. The van der Waals surface area contributed by atoms with Crippen molar-refractivity contribution in [1.82, 2.24) is 0 Å². The Bertz CT molecular complexity index is 974. The van der Waals surface area contributed by atoms with Gasteiger partial charge < -0.3 is 9.53 Å². The van der Waals surface area contributed by atoms with Gasteiger partial charge >= 0.3 is 0 Å². The number of allylic oxidation sites excluding steroid dienone is 5. The molecule has 0 heterocycles. The Morgan fingerprint density at radius 3 is 2.32 bits per heavy atom. The maximum absolute atomic E-state index is 10.4. The molecule has 2 nitrogen and oxygen atoms in total. The maximum Gasteiger partial charge on any atom is 0.192 e. The fraction of sp³-hybridized carbons (Fsp3) is 0.829. The molecular weight excluding hydrogens is 480 g/mol. The van der Waals surface area contributed by atoms with Crippen LogP contribution in [-0.4, -0.2) is 26.1 Å². The molecule has 0 unspecified atom stereocenters. The van der Waals surface area contributed by atoms with E-state index in [9.17, 15) is 5.11 Å². The van der Waals surface area contributed by atoms with Crippen molar-refractivity contribution in [3.8, 4) is 0 Å². The Morgan fingerprint density at radius 1 is 1.03 bits per heavy atom. The maximum atomic E-state index is 10.4. The summed E-state index contributed by atoms with van der Waals surface area (Å²) in [6.45, 7) is 26.8. The van der Waals surface area contributed by atoms with Gasteiger partial charge in [-0.3, -0.25) is 0 Å². The van der Waals surface area contributed by atoms with Gasteiger partial charge in [-0.05, 0) is 118 Å². The molecule has 4 aliphatic rings. The minimum Gasteiger partial charge on any atom is -0.413 e. The normalized spacial score (nSPS) is 37.4. The molecule has 216 valence electrons. The van der Waals surface area contributed by atoms with E-state index >= 15 is 0 Å². The van der Waals surface area contributed by atoms with E-state index in [-0.39, 0.29) is 15.9 Å². The highest BCUT2D eigenvalue weighted by Crippen LogP contribution is 2.68. The average Bonchev–Trinajstić information content (AvgIpc) is 3.15. The molecule has 0 aromatic heterocycles. The lowest BCUT2D eigenvalue weighted by Crippen LogP contribution is -2.55. The highest BCUT2D eigenvalue weighted by Gasteiger charge is 2.60. The first-order valence-electron chi connectivity index (χ1n) is 15.8. The zero-order valence-electron chi connectivity index (χ0n) is 26.8. The van der Waals surface area contributed by atoms with E-state index in [4.69, 9.17) is 4.43 Å². The van der Waals surface area contributed by atoms with Crippen molar-refractivity contribution in [2.75, 3.05) is 6.61 Å². The van der Waals surface area contributed by atoms with Crippen LogP contribution in [-0.2, 0) is 4.43 Å². The second-order valence-corrected chi connectivity index (χ2v) is 21.2. The third kappa shape index (κ3) is 5.00. The number of aliphatic hydroxyl groups excluding tert-OH is 1. The van der Waals surface area contributed by atoms with Crippen LogP contribution in [0.25, 0.3) is 0 Å². The van der Waals surface area contributed by atoms with E-state index < -0.39 is 8.32 Å². The summed E-state index contributed by atoms with van der Waals surface area (Å²) < 4.78 is 7.12. The smallest absolute Gasteiger partial charge is 0.192 e. The molecule has 1 N–H and O–H groups in total. The van der Waals surface area contributed by atoms with Gasteiger partial charge in [-0.2, -0.15) is 0 Å². The summed E-state index contributed by atoms with van der Waals surface area (Å²) in [5.74, 6) is 2.44. The van der Waals surface area contributed by atoms with Gasteiger partial charge in [0.05, 0.1) is 6.10 Å². The first kappa shape index (κ1) is 30.3. The third-order valence-electron chi connectivity index (χ3n) is 12.6.